The first-order chi connectivity index (χ1) is 15.7. The van der Waals surface area contributed by atoms with E-state index in [2.05, 4.69) is 79.5 Å². The molecule has 6 atom stereocenters. The third kappa shape index (κ3) is 7.90. The van der Waals surface area contributed by atoms with Crippen LogP contribution in [0.25, 0.3) is 0 Å². The Morgan fingerprint density at radius 3 is 2.29 bits per heavy atom. The summed E-state index contributed by atoms with van der Waals surface area (Å²) in [6.45, 7) is 25.2. The number of unbranched alkanes of at least 4 members (excludes halogenated alkanes) is 3. The van der Waals surface area contributed by atoms with Crippen molar-refractivity contribution >= 4 is 16.6 Å². The Kier molecular flexibility index (Phi) is 10.9. The van der Waals surface area contributed by atoms with Crippen molar-refractivity contribution < 1.29 is 14.0 Å². The van der Waals surface area contributed by atoms with Crippen LogP contribution in [0.4, 0.5) is 0 Å². The number of fused-ring (bicyclic) bond motifs is 1. The van der Waals surface area contributed by atoms with Crippen LogP contribution in [0.5, 0.6) is 0 Å². The molecule has 2 aliphatic carbocycles. The molecule has 0 aliphatic heterocycles. The van der Waals surface area contributed by atoms with E-state index in [0.29, 0.717) is 17.8 Å². The molecule has 5 heteroatoms. The molecule has 0 aromatic rings. The van der Waals surface area contributed by atoms with Crippen molar-refractivity contribution in [2.75, 3.05) is 0 Å². The van der Waals surface area contributed by atoms with E-state index in [1.807, 2.05) is 0 Å². The molecule has 0 radical (unpaired) electrons. The van der Waals surface area contributed by atoms with E-state index < -0.39 is 16.6 Å². The summed E-state index contributed by atoms with van der Waals surface area (Å²) in [5.41, 5.74) is 1.02. The van der Waals surface area contributed by atoms with Gasteiger partial charge in [-0.05, 0) is 73.9 Å². The zero-order valence-electron chi connectivity index (χ0n) is 24.0. The Balaban J connectivity index is 2.25. The average Bonchev–Trinajstić information content (AvgIpc) is 3.18. The molecule has 34 heavy (non-hydrogen) atoms. The second-order valence-corrected chi connectivity index (χ2v) is 22.3. The number of hydrogen-bond acceptors (Lipinski definition) is 3. The molecule has 2 rings (SSSR count). The van der Waals surface area contributed by atoms with Gasteiger partial charge in [0.2, 0.25) is 0 Å². The van der Waals surface area contributed by atoms with Crippen LogP contribution >= 0.6 is 0 Å². The first-order valence-corrected chi connectivity index (χ1v) is 20.1. The molecule has 0 aromatic heterocycles. The van der Waals surface area contributed by atoms with Crippen LogP contribution in [-0.2, 0) is 8.85 Å². The van der Waals surface area contributed by atoms with Crippen LogP contribution in [0.2, 0.25) is 37.3 Å². The van der Waals surface area contributed by atoms with E-state index in [9.17, 15) is 5.11 Å². The molecule has 0 bridgehead atoms. The molecule has 0 aromatic carbocycles. The van der Waals surface area contributed by atoms with Gasteiger partial charge in [0.25, 0.3) is 0 Å². The van der Waals surface area contributed by atoms with Gasteiger partial charge in [0.05, 0.1) is 18.3 Å². The van der Waals surface area contributed by atoms with Gasteiger partial charge in [0.1, 0.15) is 0 Å². The normalized spacial score (nSPS) is 29.2. The Morgan fingerprint density at radius 2 is 1.71 bits per heavy atom. The summed E-state index contributed by atoms with van der Waals surface area (Å²) in [5.74, 6) is 1.09. The molecule has 0 spiro atoms. The molecule has 0 saturated heterocycles. The van der Waals surface area contributed by atoms with Crippen molar-refractivity contribution in [3.05, 3.63) is 24.3 Å². The summed E-state index contributed by atoms with van der Waals surface area (Å²) in [7, 11) is -3.58. The van der Waals surface area contributed by atoms with Gasteiger partial charge in [-0.15, -0.1) is 0 Å². The van der Waals surface area contributed by atoms with Crippen molar-refractivity contribution in [3.8, 4) is 0 Å². The number of rotatable bonds is 13. The van der Waals surface area contributed by atoms with Gasteiger partial charge in [0, 0.05) is 5.92 Å². The lowest BCUT2D eigenvalue weighted by Gasteiger charge is -2.39. The quantitative estimate of drug-likeness (QED) is 0.154. The summed E-state index contributed by atoms with van der Waals surface area (Å²) in [4.78, 5) is 0. The average molecular weight is 509 g/mol. The lowest BCUT2D eigenvalue weighted by atomic mass is 9.90. The highest BCUT2D eigenvalue weighted by atomic mass is 28.4. The maximum atomic E-state index is 10.8. The molecular weight excluding hydrogens is 452 g/mol. The maximum Gasteiger partial charge on any atom is 0.192 e. The second-order valence-electron chi connectivity index (χ2n) is 13.3. The number of hydrogen-bond donors (Lipinski definition) is 1. The van der Waals surface area contributed by atoms with Crippen LogP contribution in [-0.4, -0.2) is 40.1 Å². The van der Waals surface area contributed by atoms with Crippen LogP contribution < -0.4 is 0 Å². The zero-order chi connectivity index (χ0) is 25.7. The topological polar surface area (TPSA) is 38.7 Å². The summed E-state index contributed by atoms with van der Waals surface area (Å²) >= 11 is 0. The van der Waals surface area contributed by atoms with Gasteiger partial charge in [-0.1, -0.05) is 85.5 Å². The zero-order valence-corrected chi connectivity index (χ0v) is 26.0. The Morgan fingerprint density at radius 1 is 1.06 bits per heavy atom. The molecule has 198 valence electrons. The van der Waals surface area contributed by atoms with E-state index in [1.54, 1.807) is 0 Å². The van der Waals surface area contributed by atoms with Crippen molar-refractivity contribution in [1.29, 1.82) is 0 Å². The number of aliphatic hydroxyl groups excluding tert-OH is 1. The third-order valence-electron chi connectivity index (χ3n) is 8.79. The Bertz CT molecular complexity index is 679. The lowest BCUT2D eigenvalue weighted by molar-refractivity contribution is 0.132. The summed E-state index contributed by atoms with van der Waals surface area (Å²) in [5, 5.41) is 11.0. The van der Waals surface area contributed by atoms with Gasteiger partial charge in [-0.25, -0.2) is 0 Å². The fraction of sp³-hybridized carbons (Fsp3) is 0.862. The lowest BCUT2D eigenvalue weighted by Crippen LogP contribution is -2.43. The summed E-state index contributed by atoms with van der Waals surface area (Å²) in [6.07, 6.45) is 14.0. The van der Waals surface area contributed by atoms with Crippen molar-refractivity contribution in [2.45, 2.75) is 142 Å². The summed E-state index contributed by atoms with van der Waals surface area (Å²) in [6, 6.07) is 1.22. The predicted molar refractivity (Wildman–Crippen MR) is 152 cm³/mol. The molecule has 0 amide bonds. The Hall–Kier alpha value is -0.206. The standard InChI is InChI=1S/C29H56O3Si2/c1-11-13-15-16-23(31-34(9,10)29(4,5)6)17-18-24-25-20-22(3)28(30)26(25)21-27(24)32-33(7,8)19-14-12-2/h17-18,23-28,30H,3,11-16,19-21H2,1-2,4-10H3/t23-,24-,25+,26-,27+,28?/m0/s1. The highest BCUT2D eigenvalue weighted by Gasteiger charge is 2.51. The Labute approximate surface area is 214 Å². The van der Waals surface area contributed by atoms with E-state index in [1.165, 1.54) is 38.1 Å². The molecule has 2 aliphatic rings. The molecule has 2 saturated carbocycles. The van der Waals surface area contributed by atoms with Gasteiger partial charge in [-0.2, -0.15) is 0 Å². The first kappa shape index (κ1) is 30.0. The molecule has 1 unspecified atom stereocenters. The maximum absolute atomic E-state index is 10.8. The SMILES string of the molecule is C=C1C[C@@H]2[C@H](C=C[C@H](CCCCC)O[Si](C)(C)C(C)(C)C)[C@H](O[Si](C)(C)CCCC)C[C@@H]2C1O. The molecular formula is C29H56O3Si2. The number of aliphatic hydroxyl groups is 1. The van der Waals surface area contributed by atoms with Gasteiger partial charge >= 0.3 is 0 Å². The highest BCUT2D eigenvalue weighted by Crippen LogP contribution is 2.52. The van der Waals surface area contributed by atoms with Crippen molar-refractivity contribution in [3.63, 3.8) is 0 Å². The van der Waals surface area contributed by atoms with Crippen LogP contribution in [0, 0.1) is 17.8 Å². The van der Waals surface area contributed by atoms with Crippen LogP contribution in [0.15, 0.2) is 24.3 Å². The molecule has 1 N–H and O–H groups in total. The molecule has 3 nitrogen and oxygen atoms in total. The van der Waals surface area contributed by atoms with E-state index >= 15 is 0 Å². The minimum Gasteiger partial charge on any atom is -0.414 e. The first-order valence-electron chi connectivity index (χ1n) is 14.1. The van der Waals surface area contributed by atoms with Crippen molar-refractivity contribution in [1.82, 2.24) is 0 Å². The van der Waals surface area contributed by atoms with Crippen LogP contribution in [0.1, 0.15) is 86.0 Å². The smallest absolute Gasteiger partial charge is 0.192 e. The fourth-order valence-electron chi connectivity index (χ4n) is 5.60. The molecule has 2 fully saturated rings. The fourth-order valence-corrected chi connectivity index (χ4v) is 9.30. The van der Waals surface area contributed by atoms with Gasteiger partial charge in [0.15, 0.2) is 16.6 Å². The largest absolute Gasteiger partial charge is 0.414 e. The minimum atomic E-state index is -1.85. The predicted octanol–water partition coefficient (Wildman–Crippen LogP) is 8.48. The van der Waals surface area contributed by atoms with Gasteiger partial charge in [-0.3, -0.25) is 0 Å². The second kappa shape index (κ2) is 12.4. The van der Waals surface area contributed by atoms with E-state index in [0.717, 1.165) is 24.8 Å². The third-order valence-corrected chi connectivity index (χ3v) is 15.8. The van der Waals surface area contributed by atoms with E-state index in [4.69, 9.17) is 8.85 Å². The van der Waals surface area contributed by atoms with Gasteiger partial charge < -0.3 is 14.0 Å². The van der Waals surface area contributed by atoms with Crippen LogP contribution in [0.3, 0.4) is 0 Å². The van der Waals surface area contributed by atoms with Crippen molar-refractivity contribution in [2.24, 2.45) is 17.8 Å². The molecule has 0 heterocycles. The monoisotopic (exact) mass is 508 g/mol. The highest BCUT2D eigenvalue weighted by molar-refractivity contribution is 6.74. The minimum absolute atomic E-state index is 0.173. The van der Waals surface area contributed by atoms with E-state index in [-0.39, 0.29) is 23.4 Å². The summed E-state index contributed by atoms with van der Waals surface area (Å²) < 4.78 is 13.8.